The van der Waals surface area contributed by atoms with Crippen molar-refractivity contribution in [2.75, 3.05) is 6.54 Å². The van der Waals surface area contributed by atoms with Crippen molar-refractivity contribution in [1.82, 2.24) is 0 Å². The maximum absolute atomic E-state index is 6.18. The first-order chi connectivity index (χ1) is 11.2. The van der Waals surface area contributed by atoms with E-state index < -0.39 is 0 Å². The minimum atomic E-state index is 0.773. The Bertz CT molecular complexity index is 764. The van der Waals surface area contributed by atoms with E-state index >= 15 is 0 Å². The number of furan rings is 1. The molecule has 23 heavy (non-hydrogen) atoms. The monoisotopic (exact) mass is 326 g/mol. The van der Waals surface area contributed by atoms with Gasteiger partial charge in [-0.25, -0.2) is 0 Å². The highest BCUT2D eigenvalue weighted by molar-refractivity contribution is 6.31. The van der Waals surface area contributed by atoms with E-state index in [9.17, 15) is 0 Å². The molecule has 118 valence electrons. The fourth-order valence-electron chi connectivity index (χ4n) is 2.66. The average molecular weight is 327 g/mol. The number of benzene rings is 2. The van der Waals surface area contributed by atoms with E-state index in [0.29, 0.717) is 0 Å². The first kappa shape index (κ1) is 15.9. The summed E-state index contributed by atoms with van der Waals surface area (Å²) < 4.78 is 5.97. The SMILES string of the molecule is Cc1c(Cl)cccc1-c1ccc(C[NH2+]CCc2ccccc2)o1. The molecule has 0 saturated carbocycles. The van der Waals surface area contributed by atoms with E-state index in [1.165, 1.54) is 5.56 Å². The standard InChI is InChI=1S/C20H20ClNO/c1-15-18(8-5-9-19(15)21)20-11-10-17(23-20)14-22-13-12-16-6-3-2-4-7-16/h2-11,22H,12-14H2,1H3/p+1. The van der Waals surface area contributed by atoms with Crippen LogP contribution in [-0.2, 0) is 13.0 Å². The summed E-state index contributed by atoms with van der Waals surface area (Å²) in [6.07, 6.45) is 1.07. The molecule has 1 aromatic heterocycles. The van der Waals surface area contributed by atoms with E-state index in [1.807, 2.05) is 31.2 Å². The van der Waals surface area contributed by atoms with Gasteiger partial charge in [0.2, 0.25) is 0 Å². The van der Waals surface area contributed by atoms with Gasteiger partial charge in [-0.05, 0) is 36.2 Å². The minimum absolute atomic E-state index is 0.773. The second-order valence-electron chi connectivity index (χ2n) is 5.70. The zero-order valence-corrected chi connectivity index (χ0v) is 14.0. The third-order valence-corrected chi connectivity index (χ3v) is 4.43. The summed E-state index contributed by atoms with van der Waals surface area (Å²) in [5.74, 6) is 1.88. The van der Waals surface area contributed by atoms with Crippen molar-refractivity contribution < 1.29 is 9.73 Å². The van der Waals surface area contributed by atoms with Crippen LogP contribution >= 0.6 is 11.6 Å². The zero-order chi connectivity index (χ0) is 16.1. The van der Waals surface area contributed by atoms with Gasteiger partial charge in [-0.2, -0.15) is 0 Å². The molecule has 0 amide bonds. The molecule has 0 radical (unpaired) electrons. The highest BCUT2D eigenvalue weighted by Crippen LogP contribution is 2.29. The van der Waals surface area contributed by atoms with Gasteiger partial charge in [0.15, 0.2) is 5.76 Å². The fourth-order valence-corrected chi connectivity index (χ4v) is 2.84. The van der Waals surface area contributed by atoms with E-state index in [2.05, 4.69) is 41.7 Å². The third kappa shape index (κ3) is 4.04. The molecule has 2 N–H and O–H groups in total. The van der Waals surface area contributed by atoms with Crippen LogP contribution in [-0.4, -0.2) is 6.54 Å². The lowest BCUT2D eigenvalue weighted by Gasteiger charge is -2.04. The van der Waals surface area contributed by atoms with E-state index in [0.717, 1.165) is 47.2 Å². The van der Waals surface area contributed by atoms with Gasteiger partial charge in [-0.3, -0.25) is 0 Å². The second kappa shape index (κ2) is 7.49. The molecule has 0 saturated heterocycles. The summed E-state index contributed by atoms with van der Waals surface area (Å²) in [5.41, 5.74) is 3.49. The summed E-state index contributed by atoms with van der Waals surface area (Å²) in [6, 6.07) is 20.5. The predicted molar refractivity (Wildman–Crippen MR) is 94.5 cm³/mol. The van der Waals surface area contributed by atoms with Crippen LogP contribution in [0.5, 0.6) is 0 Å². The molecule has 0 aliphatic heterocycles. The number of nitrogens with two attached hydrogens (primary N) is 1. The zero-order valence-electron chi connectivity index (χ0n) is 13.3. The van der Waals surface area contributed by atoms with Crippen LogP contribution in [0.25, 0.3) is 11.3 Å². The van der Waals surface area contributed by atoms with Crippen molar-refractivity contribution in [1.29, 1.82) is 0 Å². The van der Waals surface area contributed by atoms with Gasteiger partial charge in [-0.1, -0.05) is 54.1 Å². The quantitative estimate of drug-likeness (QED) is 0.675. The maximum Gasteiger partial charge on any atom is 0.158 e. The molecule has 0 bridgehead atoms. The van der Waals surface area contributed by atoms with Gasteiger partial charge in [0.05, 0.1) is 6.54 Å². The summed E-state index contributed by atoms with van der Waals surface area (Å²) in [6.45, 7) is 3.93. The lowest BCUT2D eigenvalue weighted by atomic mass is 10.1. The van der Waals surface area contributed by atoms with Gasteiger partial charge >= 0.3 is 0 Å². The minimum Gasteiger partial charge on any atom is -0.455 e. The van der Waals surface area contributed by atoms with Crippen molar-refractivity contribution in [2.45, 2.75) is 19.9 Å². The molecule has 1 heterocycles. The van der Waals surface area contributed by atoms with Gasteiger partial charge in [-0.15, -0.1) is 0 Å². The first-order valence-corrected chi connectivity index (χ1v) is 8.31. The Morgan fingerprint density at radius 1 is 0.957 bits per heavy atom. The van der Waals surface area contributed by atoms with Crippen LogP contribution < -0.4 is 5.32 Å². The molecule has 0 unspecified atom stereocenters. The molecule has 2 aromatic carbocycles. The average Bonchev–Trinajstić information content (AvgIpc) is 3.04. The normalized spacial score (nSPS) is 10.9. The summed E-state index contributed by atoms with van der Waals surface area (Å²) in [4.78, 5) is 0. The summed E-state index contributed by atoms with van der Waals surface area (Å²) >= 11 is 6.18. The highest BCUT2D eigenvalue weighted by Gasteiger charge is 2.10. The Hall–Kier alpha value is -2.03. The fraction of sp³-hybridized carbons (Fsp3) is 0.200. The number of halogens is 1. The Balaban J connectivity index is 1.56. The van der Waals surface area contributed by atoms with Crippen molar-refractivity contribution in [3.05, 3.63) is 82.6 Å². The van der Waals surface area contributed by atoms with Crippen molar-refractivity contribution >= 4 is 11.6 Å². The summed E-state index contributed by atoms with van der Waals surface area (Å²) in [7, 11) is 0. The Morgan fingerprint density at radius 3 is 2.61 bits per heavy atom. The highest BCUT2D eigenvalue weighted by atomic mass is 35.5. The molecular weight excluding hydrogens is 306 g/mol. The molecule has 3 rings (SSSR count). The van der Waals surface area contributed by atoms with Gasteiger partial charge in [0.1, 0.15) is 12.3 Å². The Labute approximate surface area is 142 Å². The van der Waals surface area contributed by atoms with Crippen LogP contribution in [0.15, 0.2) is 65.1 Å². The van der Waals surface area contributed by atoms with Crippen LogP contribution in [0.4, 0.5) is 0 Å². The first-order valence-electron chi connectivity index (χ1n) is 7.94. The van der Waals surface area contributed by atoms with E-state index in [-0.39, 0.29) is 0 Å². The van der Waals surface area contributed by atoms with E-state index in [1.54, 1.807) is 0 Å². The van der Waals surface area contributed by atoms with Crippen molar-refractivity contribution in [3.8, 4) is 11.3 Å². The number of hydrogen-bond acceptors (Lipinski definition) is 1. The molecule has 2 nitrogen and oxygen atoms in total. The van der Waals surface area contributed by atoms with E-state index in [4.69, 9.17) is 16.0 Å². The third-order valence-electron chi connectivity index (χ3n) is 4.02. The van der Waals surface area contributed by atoms with Gasteiger partial charge < -0.3 is 9.73 Å². The van der Waals surface area contributed by atoms with Crippen LogP contribution in [0.3, 0.4) is 0 Å². The van der Waals surface area contributed by atoms with Gasteiger partial charge in [0, 0.05) is 17.0 Å². The lowest BCUT2D eigenvalue weighted by Crippen LogP contribution is -2.83. The Kier molecular flexibility index (Phi) is 5.16. The Morgan fingerprint density at radius 2 is 1.78 bits per heavy atom. The lowest BCUT2D eigenvalue weighted by molar-refractivity contribution is -0.671. The molecule has 0 aliphatic rings. The number of quaternary nitrogens is 1. The largest absolute Gasteiger partial charge is 0.455 e. The maximum atomic E-state index is 6.18. The number of hydrogen-bond donors (Lipinski definition) is 1. The van der Waals surface area contributed by atoms with Crippen molar-refractivity contribution in [2.24, 2.45) is 0 Å². The topological polar surface area (TPSA) is 29.8 Å². The predicted octanol–water partition coefficient (Wildman–Crippen LogP) is 4.21. The molecule has 0 atom stereocenters. The molecule has 0 spiro atoms. The van der Waals surface area contributed by atoms with Crippen LogP contribution in [0.2, 0.25) is 5.02 Å². The number of rotatable bonds is 6. The molecule has 3 aromatic rings. The molecule has 0 fully saturated rings. The molecule has 3 heteroatoms. The van der Waals surface area contributed by atoms with Crippen LogP contribution in [0, 0.1) is 6.92 Å². The van der Waals surface area contributed by atoms with Crippen molar-refractivity contribution in [3.63, 3.8) is 0 Å². The molecular formula is C20H21ClNO+. The molecule has 0 aliphatic carbocycles. The van der Waals surface area contributed by atoms with Gasteiger partial charge in [0.25, 0.3) is 0 Å². The second-order valence-corrected chi connectivity index (χ2v) is 6.10. The smallest absolute Gasteiger partial charge is 0.158 e. The van der Waals surface area contributed by atoms with Crippen LogP contribution in [0.1, 0.15) is 16.9 Å². The summed E-state index contributed by atoms with van der Waals surface area (Å²) in [5, 5.41) is 3.05.